The first kappa shape index (κ1) is 11.7. The molecule has 1 aromatic heterocycles. The third kappa shape index (κ3) is 2.58. The third-order valence-electron chi connectivity index (χ3n) is 2.94. The van der Waals surface area contributed by atoms with Crippen LogP contribution in [0.1, 0.15) is 43.2 Å². The number of hydrogen-bond donors (Lipinski definition) is 1. The lowest BCUT2D eigenvalue weighted by atomic mass is 9.90. The summed E-state index contributed by atoms with van der Waals surface area (Å²) in [4.78, 5) is 1.41. The SMILES string of the molecule is CCC(CC)C(NC)c1csc(C)c1. The standard InChI is InChI=1S/C12H21NS/c1-5-10(6-2)12(13-4)11-7-9(3)14-8-11/h7-8,10,12-13H,5-6H2,1-4H3. The van der Waals surface area contributed by atoms with E-state index in [1.807, 2.05) is 11.3 Å². The Morgan fingerprint density at radius 2 is 2.00 bits per heavy atom. The van der Waals surface area contributed by atoms with Crippen LogP contribution in [0.15, 0.2) is 11.4 Å². The monoisotopic (exact) mass is 211 g/mol. The van der Waals surface area contributed by atoms with Gasteiger partial charge in [0.2, 0.25) is 0 Å². The molecular weight excluding hydrogens is 190 g/mol. The molecule has 0 amide bonds. The van der Waals surface area contributed by atoms with Crippen molar-refractivity contribution in [2.45, 2.75) is 39.7 Å². The fourth-order valence-corrected chi connectivity index (χ4v) is 2.80. The van der Waals surface area contributed by atoms with Crippen LogP contribution in [0.5, 0.6) is 0 Å². The second-order valence-corrected chi connectivity index (χ2v) is 4.95. The molecule has 0 spiro atoms. The minimum Gasteiger partial charge on any atom is -0.313 e. The Morgan fingerprint density at radius 1 is 1.36 bits per heavy atom. The quantitative estimate of drug-likeness (QED) is 0.782. The van der Waals surface area contributed by atoms with Crippen molar-refractivity contribution in [3.05, 3.63) is 21.9 Å². The maximum absolute atomic E-state index is 3.44. The van der Waals surface area contributed by atoms with Gasteiger partial charge in [0.1, 0.15) is 0 Å². The molecule has 0 saturated heterocycles. The summed E-state index contributed by atoms with van der Waals surface area (Å²) in [5.74, 6) is 0.758. The van der Waals surface area contributed by atoms with Crippen LogP contribution in [0.25, 0.3) is 0 Å². The molecule has 1 atom stereocenters. The lowest BCUT2D eigenvalue weighted by Gasteiger charge is -2.24. The molecule has 1 unspecified atom stereocenters. The highest BCUT2D eigenvalue weighted by atomic mass is 32.1. The van der Waals surface area contributed by atoms with Gasteiger partial charge in [-0.2, -0.15) is 0 Å². The number of rotatable bonds is 5. The van der Waals surface area contributed by atoms with Crippen LogP contribution in [0.4, 0.5) is 0 Å². The first-order chi connectivity index (χ1) is 6.72. The molecule has 1 heterocycles. The Labute approximate surface area is 91.5 Å². The van der Waals surface area contributed by atoms with E-state index in [2.05, 4.69) is 44.6 Å². The molecule has 14 heavy (non-hydrogen) atoms. The molecule has 0 aliphatic rings. The van der Waals surface area contributed by atoms with Gasteiger partial charge in [0, 0.05) is 10.9 Å². The van der Waals surface area contributed by atoms with E-state index in [4.69, 9.17) is 0 Å². The van der Waals surface area contributed by atoms with E-state index in [1.165, 1.54) is 23.3 Å². The smallest absolute Gasteiger partial charge is 0.0354 e. The van der Waals surface area contributed by atoms with E-state index in [1.54, 1.807) is 0 Å². The minimum absolute atomic E-state index is 0.537. The van der Waals surface area contributed by atoms with Gasteiger partial charge in [-0.05, 0) is 36.9 Å². The van der Waals surface area contributed by atoms with E-state index < -0.39 is 0 Å². The first-order valence-electron chi connectivity index (χ1n) is 5.45. The van der Waals surface area contributed by atoms with Crippen molar-refractivity contribution < 1.29 is 0 Å². The summed E-state index contributed by atoms with van der Waals surface area (Å²) in [5.41, 5.74) is 1.46. The van der Waals surface area contributed by atoms with Gasteiger partial charge in [0.25, 0.3) is 0 Å². The highest BCUT2D eigenvalue weighted by Gasteiger charge is 2.18. The lowest BCUT2D eigenvalue weighted by Crippen LogP contribution is -2.24. The molecule has 1 N–H and O–H groups in total. The van der Waals surface area contributed by atoms with Crippen molar-refractivity contribution in [3.63, 3.8) is 0 Å². The van der Waals surface area contributed by atoms with Crippen LogP contribution in [0.3, 0.4) is 0 Å². The fraction of sp³-hybridized carbons (Fsp3) is 0.667. The number of aryl methyl sites for hydroxylation is 1. The van der Waals surface area contributed by atoms with Crippen LogP contribution in [-0.2, 0) is 0 Å². The van der Waals surface area contributed by atoms with E-state index in [0.29, 0.717) is 6.04 Å². The topological polar surface area (TPSA) is 12.0 Å². The highest BCUT2D eigenvalue weighted by Crippen LogP contribution is 2.29. The molecule has 0 radical (unpaired) electrons. The zero-order valence-electron chi connectivity index (χ0n) is 9.63. The van der Waals surface area contributed by atoms with Crippen molar-refractivity contribution in [2.24, 2.45) is 5.92 Å². The van der Waals surface area contributed by atoms with Crippen LogP contribution < -0.4 is 5.32 Å². The van der Waals surface area contributed by atoms with Crippen molar-refractivity contribution in [1.82, 2.24) is 5.32 Å². The predicted molar refractivity (Wildman–Crippen MR) is 64.9 cm³/mol. The normalized spacial score (nSPS) is 13.5. The van der Waals surface area contributed by atoms with Crippen LogP contribution >= 0.6 is 11.3 Å². The molecule has 0 aliphatic carbocycles. The van der Waals surface area contributed by atoms with Gasteiger partial charge < -0.3 is 5.32 Å². The molecule has 0 saturated carbocycles. The maximum atomic E-state index is 3.44. The molecule has 1 rings (SSSR count). The summed E-state index contributed by atoms with van der Waals surface area (Å²) in [6.45, 7) is 6.73. The van der Waals surface area contributed by atoms with Crippen molar-refractivity contribution in [2.75, 3.05) is 7.05 Å². The van der Waals surface area contributed by atoms with E-state index in [-0.39, 0.29) is 0 Å². The molecule has 0 aliphatic heterocycles. The van der Waals surface area contributed by atoms with Crippen LogP contribution in [-0.4, -0.2) is 7.05 Å². The molecule has 0 aromatic carbocycles. The lowest BCUT2D eigenvalue weighted by molar-refractivity contribution is 0.360. The number of thiophene rings is 1. The summed E-state index contributed by atoms with van der Waals surface area (Å²) in [6.07, 6.45) is 2.49. The van der Waals surface area contributed by atoms with E-state index in [9.17, 15) is 0 Å². The molecule has 80 valence electrons. The van der Waals surface area contributed by atoms with Gasteiger partial charge in [-0.15, -0.1) is 11.3 Å². The van der Waals surface area contributed by atoms with Gasteiger partial charge >= 0.3 is 0 Å². The van der Waals surface area contributed by atoms with Crippen molar-refractivity contribution in [1.29, 1.82) is 0 Å². The number of nitrogens with one attached hydrogen (secondary N) is 1. The molecule has 1 aromatic rings. The molecule has 0 bridgehead atoms. The Morgan fingerprint density at radius 3 is 2.36 bits per heavy atom. The van der Waals surface area contributed by atoms with E-state index in [0.717, 1.165) is 5.92 Å². The Bertz CT molecular complexity index is 263. The van der Waals surface area contributed by atoms with Gasteiger partial charge in [-0.1, -0.05) is 26.7 Å². The Kier molecular flexibility index (Phi) is 4.63. The fourth-order valence-electron chi connectivity index (χ4n) is 2.06. The molecular formula is C12H21NS. The predicted octanol–water partition coefficient (Wildman–Crippen LogP) is 3.75. The van der Waals surface area contributed by atoms with Crippen molar-refractivity contribution >= 4 is 11.3 Å². The maximum Gasteiger partial charge on any atom is 0.0354 e. The Hall–Kier alpha value is -0.340. The summed E-state index contributed by atoms with van der Waals surface area (Å²) < 4.78 is 0. The summed E-state index contributed by atoms with van der Waals surface area (Å²) in [6, 6.07) is 2.85. The zero-order chi connectivity index (χ0) is 10.6. The molecule has 1 nitrogen and oxygen atoms in total. The molecule has 0 fully saturated rings. The van der Waals surface area contributed by atoms with Crippen LogP contribution in [0.2, 0.25) is 0 Å². The average molecular weight is 211 g/mol. The summed E-state index contributed by atoms with van der Waals surface area (Å²) in [5, 5.41) is 5.73. The third-order valence-corrected chi connectivity index (χ3v) is 3.82. The number of hydrogen-bond acceptors (Lipinski definition) is 2. The first-order valence-corrected chi connectivity index (χ1v) is 6.33. The van der Waals surface area contributed by atoms with Crippen LogP contribution in [0, 0.1) is 12.8 Å². The highest BCUT2D eigenvalue weighted by molar-refractivity contribution is 7.10. The van der Waals surface area contributed by atoms with Gasteiger partial charge in [-0.25, -0.2) is 0 Å². The average Bonchev–Trinajstić information content (AvgIpc) is 2.60. The minimum atomic E-state index is 0.537. The second-order valence-electron chi connectivity index (χ2n) is 3.83. The second kappa shape index (κ2) is 5.52. The van der Waals surface area contributed by atoms with Gasteiger partial charge in [-0.3, -0.25) is 0 Å². The largest absolute Gasteiger partial charge is 0.313 e. The zero-order valence-corrected chi connectivity index (χ0v) is 10.4. The van der Waals surface area contributed by atoms with Gasteiger partial charge in [0.15, 0.2) is 0 Å². The Balaban J connectivity index is 2.80. The van der Waals surface area contributed by atoms with E-state index >= 15 is 0 Å². The van der Waals surface area contributed by atoms with Crippen molar-refractivity contribution in [3.8, 4) is 0 Å². The molecule has 2 heteroatoms. The summed E-state index contributed by atoms with van der Waals surface area (Å²) >= 11 is 1.85. The van der Waals surface area contributed by atoms with Gasteiger partial charge in [0.05, 0.1) is 0 Å². The summed E-state index contributed by atoms with van der Waals surface area (Å²) in [7, 11) is 2.07.